The molecule has 0 unspecified atom stereocenters. The Hall–Kier alpha value is -3.04. The standard InChI is InChI=1S/C17H18F3N3O4/c1-2-27-14(25)8-12-15(16(26)23-22-12)11(7-13(21)24)9-3-5-10(6-4-9)17(18,19)20/h3-6,11H,2,7-8H2,1H3,(H2,21,24)(H2,22,23,26)/t11-/m1/s1. The topological polar surface area (TPSA) is 118 Å². The SMILES string of the molecule is CCOC(=O)Cc1[nH][nH]c(=O)c1[C@H](CC(N)=O)c1ccc(C(F)(F)F)cc1. The summed E-state index contributed by atoms with van der Waals surface area (Å²) in [6.45, 7) is 1.77. The van der Waals surface area contributed by atoms with Gasteiger partial charge in [-0.05, 0) is 24.6 Å². The van der Waals surface area contributed by atoms with Crippen LogP contribution in [0.2, 0.25) is 0 Å². The molecule has 0 saturated heterocycles. The Kier molecular flexibility index (Phi) is 6.09. The monoisotopic (exact) mass is 385 g/mol. The van der Waals surface area contributed by atoms with Gasteiger partial charge in [-0.25, -0.2) is 0 Å². The Balaban J connectivity index is 2.46. The largest absolute Gasteiger partial charge is 0.466 e. The second kappa shape index (κ2) is 8.11. The average Bonchev–Trinajstić information content (AvgIpc) is 2.92. The molecule has 0 spiro atoms. The fourth-order valence-corrected chi connectivity index (χ4v) is 2.76. The van der Waals surface area contributed by atoms with E-state index in [0.29, 0.717) is 0 Å². The molecule has 7 nitrogen and oxygen atoms in total. The van der Waals surface area contributed by atoms with Crippen LogP contribution < -0.4 is 11.3 Å². The lowest BCUT2D eigenvalue weighted by Crippen LogP contribution is -2.22. The third-order valence-corrected chi connectivity index (χ3v) is 3.92. The molecule has 0 bridgehead atoms. The Morgan fingerprint density at radius 3 is 2.33 bits per heavy atom. The van der Waals surface area contributed by atoms with Crippen LogP contribution in [0.4, 0.5) is 13.2 Å². The molecule has 10 heteroatoms. The maximum atomic E-state index is 12.8. The first-order valence-electron chi connectivity index (χ1n) is 8.04. The van der Waals surface area contributed by atoms with Crippen molar-refractivity contribution in [1.82, 2.24) is 10.2 Å². The molecular formula is C17H18F3N3O4. The Labute approximate surface area is 151 Å². The first-order chi connectivity index (χ1) is 12.6. The van der Waals surface area contributed by atoms with E-state index in [-0.39, 0.29) is 36.3 Å². The van der Waals surface area contributed by atoms with Gasteiger partial charge in [0.15, 0.2) is 0 Å². The zero-order valence-corrected chi connectivity index (χ0v) is 14.4. The molecule has 27 heavy (non-hydrogen) atoms. The number of alkyl halides is 3. The number of hydrogen-bond donors (Lipinski definition) is 3. The van der Waals surface area contributed by atoms with Gasteiger partial charge in [0.2, 0.25) is 5.91 Å². The van der Waals surface area contributed by atoms with Gasteiger partial charge in [0.25, 0.3) is 5.56 Å². The smallest absolute Gasteiger partial charge is 0.416 e. The molecule has 0 aliphatic heterocycles. The maximum Gasteiger partial charge on any atom is 0.416 e. The normalized spacial score (nSPS) is 12.6. The van der Waals surface area contributed by atoms with Crippen LogP contribution in [-0.4, -0.2) is 28.7 Å². The van der Waals surface area contributed by atoms with E-state index in [1.165, 1.54) is 12.1 Å². The summed E-state index contributed by atoms with van der Waals surface area (Å²) in [7, 11) is 0. The number of carbonyl (C=O) groups excluding carboxylic acids is 2. The fraction of sp³-hybridized carbons (Fsp3) is 0.353. The molecule has 0 aliphatic carbocycles. The van der Waals surface area contributed by atoms with Crippen molar-refractivity contribution in [1.29, 1.82) is 0 Å². The number of halogens is 3. The van der Waals surface area contributed by atoms with E-state index in [9.17, 15) is 27.6 Å². The number of aromatic nitrogens is 2. The zero-order chi connectivity index (χ0) is 20.2. The van der Waals surface area contributed by atoms with E-state index in [2.05, 4.69) is 10.2 Å². The van der Waals surface area contributed by atoms with E-state index < -0.39 is 35.1 Å². The number of aromatic amines is 2. The fourth-order valence-electron chi connectivity index (χ4n) is 2.76. The average molecular weight is 385 g/mol. The minimum Gasteiger partial charge on any atom is -0.466 e. The summed E-state index contributed by atoms with van der Waals surface area (Å²) < 4.78 is 43.1. The number of ether oxygens (including phenoxy) is 1. The van der Waals surface area contributed by atoms with Gasteiger partial charge in [0.1, 0.15) is 0 Å². The third-order valence-electron chi connectivity index (χ3n) is 3.92. The number of H-pyrrole nitrogens is 2. The van der Waals surface area contributed by atoms with E-state index in [1.807, 2.05) is 0 Å². The van der Waals surface area contributed by atoms with Gasteiger partial charge in [0.05, 0.1) is 24.3 Å². The summed E-state index contributed by atoms with van der Waals surface area (Å²) in [5.74, 6) is -2.26. The predicted octanol–water partition coefficient (Wildman–Crippen LogP) is 1.83. The van der Waals surface area contributed by atoms with E-state index in [1.54, 1.807) is 6.92 Å². The molecule has 1 aromatic heterocycles. The van der Waals surface area contributed by atoms with Crippen molar-refractivity contribution in [2.45, 2.75) is 31.9 Å². The van der Waals surface area contributed by atoms with E-state index in [4.69, 9.17) is 10.5 Å². The van der Waals surface area contributed by atoms with Gasteiger partial charge in [-0.1, -0.05) is 12.1 Å². The van der Waals surface area contributed by atoms with Crippen molar-refractivity contribution in [3.8, 4) is 0 Å². The summed E-state index contributed by atoms with van der Waals surface area (Å²) in [4.78, 5) is 35.4. The highest BCUT2D eigenvalue weighted by Crippen LogP contribution is 2.33. The lowest BCUT2D eigenvalue weighted by molar-refractivity contribution is -0.142. The predicted molar refractivity (Wildman–Crippen MR) is 88.8 cm³/mol. The van der Waals surface area contributed by atoms with Crippen molar-refractivity contribution in [2.75, 3.05) is 6.61 Å². The number of benzene rings is 1. The molecule has 2 rings (SSSR count). The lowest BCUT2D eigenvalue weighted by Gasteiger charge is -2.16. The van der Waals surface area contributed by atoms with Gasteiger partial charge < -0.3 is 15.6 Å². The molecule has 1 heterocycles. The second-order valence-corrected chi connectivity index (χ2v) is 5.80. The minimum atomic E-state index is -4.52. The first-order valence-corrected chi connectivity index (χ1v) is 8.04. The van der Waals surface area contributed by atoms with Crippen LogP contribution in [0.1, 0.15) is 41.6 Å². The Morgan fingerprint density at radius 2 is 1.81 bits per heavy atom. The number of esters is 1. The molecule has 0 aliphatic rings. The molecule has 1 amide bonds. The first kappa shape index (κ1) is 20.3. The number of hydrogen-bond acceptors (Lipinski definition) is 4. The lowest BCUT2D eigenvalue weighted by atomic mass is 9.87. The van der Waals surface area contributed by atoms with Gasteiger partial charge in [-0.2, -0.15) is 13.2 Å². The molecular weight excluding hydrogens is 367 g/mol. The van der Waals surface area contributed by atoms with Crippen molar-refractivity contribution in [2.24, 2.45) is 5.73 Å². The number of primary amides is 1. The second-order valence-electron chi connectivity index (χ2n) is 5.80. The molecule has 0 saturated carbocycles. The van der Waals surface area contributed by atoms with Crippen molar-refractivity contribution >= 4 is 11.9 Å². The van der Waals surface area contributed by atoms with Crippen LogP contribution in [0, 0.1) is 0 Å². The summed E-state index contributed by atoms with van der Waals surface area (Å²) in [5.41, 5.74) is 4.32. The Morgan fingerprint density at radius 1 is 1.19 bits per heavy atom. The maximum absolute atomic E-state index is 12.8. The summed E-state index contributed by atoms with van der Waals surface area (Å²) in [6, 6.07) is 4.07. The van der Waals surface area contributed by atoms with Crippen LogP contribution in [0.3, 0.4) is 0 Å². The number of carbonyl (C=O) groups is 2. The minimum absolute atomic E-state index is 0.0570. The highest BCUT2D eigenvalue weighted by molar-refractivity contribution is 5.76. The number of nitrogens with two attached hydrogens (primary N) is 1. The molecule has 0 fully saturated rings. The van der Waals surface area contributed by atoms with Crippen LogP contribution in [0.5, 0.6) is 0 Å². The zero-order valence-electron chi connectivity index (χ0n) is 14.4. The van der Waals surface area contributed by atoms with Gasteiger partial charge >= 0.3 is 12.1 Å². The summed E-state index contributed by atoms with van der Waals surface area (Å²) in [5, 5.41) is 4.88. The molecule has 4 N–H and O–H groups in total. The van der Waals surface area contributed by atoms with E-state index in [0.717, 1.165) is 12.1 Å². The molecule has 146 valence electrons. The quantitative estimate of drug-likeness (QED) is 0.630. The summed E-state index contributed by atoms with van der Waals surface area (Å²) >= 11 is 0. The van der Waals surface area contributed by atoms with Crippen molar-refractivity contribution < 1.29 is 27.5 Å². The Bertz CT molecular complexity index is 869. The molecule has 1 atom stereocenters. The van der Waals surface area contributed by atoms with Crippen molar-refractivity contribution in [3.63, 3.8) is 0 Å². The van der Waals surface area contributed by atoms with Gasteiger partial charge in [0, 0.05) is 17.9 Å². The van der Waals surface area contributed by atoms with Gasteiger partial charge in [-0.3, -0.25) is 19.5 Å². The van der Waals surface area contributed by atoms with Crippen LogP contribution in [-0.2, 0) is 26.9 Å². The number of amides is 1. The third kappa shape index (κ3) is 4.99. The molecule has 2 aromatic rings. The van der Waals surface area contributed by atoms with Crippen LogP contribution in [0.25, 0.3) is 0 Å². The van der Waals surface area contributed by atoms with Gasteiger partial charge in [-0.15, -0.1) is 0 Å². The van der Waals surface area contributed by atoms with Crippen LogP contribution in [0.15, 0.2) is 29.1 Å². The van der Waals surface area contributed by atoms with Crippen molar-refractivity contribution in [3.05, 3.63) is 57.0 Å². The van der Waals surface area contributed by atoms with Crippen LogP contribution >= 0.6 is 0 Å². The highest BCUT2D eigenvalue weighted by atomic mass is 19.4. The molecule has 1 aromatic carbocycles. The van der Waals surface area contributed by atoms with E-state index >= 15 is 0 Å². The number of rotatable bonds is 7. The highest BCUT2D eigenvalue weighted by Gasteiger charge is 2.31. The number of nitrogens with one attached hydrogen (secondary N) is 2. The molecule has 0 radical (unpaired) electrons. The summed E-state index contributed by atoms with van der Waals surface area (Å²) in [6.07, 6.45) is -5.10.